The SMILES string of the molecule is O=C(O)N1CCC[C@H](NC(=O)N2CCC(O)CC2)C1. The van der Waals surface area contributed by atoms with E-state index in [0.29, 0.717) is 39.0 Å². The Balaban J connectivity index is 1.80. The van der Waals surface area contributed by atoms with E-state index in [1.165, 1.54) is 4.90 Å². The number of likely N-dealkylation sites (tertiary alicyclic amines) is 2. The van der Waals surface area contributed by atoms with Crippen LogP contribution in [0.15, 0.2) is 0 Å². The Kier molecular flexibility index (Phi) is 4.47. The quantitative estimate of drug-likeness (QED) is 0.639. The number of aliphatic hydroxyl groups is 1. The second-order valence-corrected chi connectivity index (χ2v) is 5.24. The van der Waals surface area contributed by atoms with Gasteiger partial charge in [-0.05, 0) is 25.7 Å². The van der Waals surface area contributed by atoms with E-state index in [4.69, 9.17) is 5.11 Å². The van der Waals surface area contributed by atoms with Crippen LogP contribution in [-0.4, -0.2) is 70.5 Å². The molecule has 0 saturated carbocycles. The van der Waals surface area contributed by atoms with Gasteiger partial charge in [0.05, 0.1) is 6.10 Å². The molecule has 3 N–H and O–H groups in total. The van der Waals surface area contributed by atoms with Gasteiger partial charge in [-0.1, -0.05) is 0 Å². The van der Waals surface area contributed by atoms with Crippen LogP contribution >= 0.6 is 0 Å². The first-order chi connectivity index (χ1) is 9.06. The van der Waals surface area contributed by atoms with Gasteiger partial charge >= 0.3 is 12.1 Å². The van der Waals surface area contributed by atoms with Crippen molar-refractivity contribution in [1.82, 2.24) is 15.1 Å². The van der Waals surface area contributed by atoms with Crippen molar-refractivity contribution in [2.24, 2.45) is 0 Å². The molecular weight excluding hydrogens is 250 g/mol. The molecule has 108 valence electrons. The summed E-state index contributed by atoms with van der Waals surface area (Å²) in [6, 6.07) is -0.256. The van der Waals surface area contributed by atoms with E-state index in [-0.39, 0.29) is 18.2 Å². The number of carbonyl (C=O) groups excluding carboxylic acids is 1. The Labute approximate surface area is 112 Å². The Morgan fingerprint density at radius 3 is 2.37 bits per heavy atom. The topological polar surface area (TPSA) is 93.1 Å². The molecule has 3 amide bonds. The van der Waals surface area contributed by atoms with Crippen LogP contribution in [0, 0.1) is 0 Å². The highest BCUT2D eigenvalue weighted by Crippen LogP contribution is 2.13. The van der Waals surface area contributed by atoms with Crippen molar-refractivity contribution in [2.75, 3.05) is 26.2 Å². The van der Waals surface area contributed by atoms with Gasteiger partial charge in [-0.15, -0.1) is 0 Å². The van der Waals surface area contributed by atoms with Crippen molar-refractivity contribution >= 4 is 12.1 Å². The molecule has 0 aromatic carbocycles. The molecule has 2 saturated heterocycles. The van der Waals surface area contributed by atoms with Crippen LogP contribution in [0.4, 0.5) is 9.59 Å². The molecule has 7 heteroatoms. The third-order valence-electron chi connectivity index (χ3n) is 3.77. The lowest BCUT2D eigenvalue weighted by molar-refractivity contribution is 0.0899. The minimum Gasteiger partial charge on any atom is -0.465 e. The minimum absolute atomic E-state index is 0.107. The molecule has 0 unspecified atom stereocenters. The first-order valence-electron chi connectivity index (χ1n) is 6.77. The molecule has 0 radical (unpaired) electrons. The second kappa shape index (κ2) is 6.10. The number of aliphatic hydroxyl groups excluding tert-OH is 1. The fourth-order valence-corrected chi connectivity index (χ4v) is 2.60. The van der Waals surface area contributed by atoms with E-state index in [1.807, 2.05) is 0 Å². The fourth-order valence-electron chi connectivity index (χ4n) is 2.60. The van der Waals surface area contributed by atoms with Crippen molar-refractivity contribution in [1.29, 1.82) is 0 Å². The van der Waals surface area contributed by atoms with Gasteiger partial charge in [0.15, 0.2) is 0 Å². The summed E-state index contributed by atoms with van der Waals surface area (Å²) in [6.07, 6.45) is 1.57. The van der Waals surface area contributed by atoms with E-state index in [1.54, 1.807) is 4.90 Å². The maximum atomic E-state index is 12.0. The number of carbonyl (C=O) groups is 2. The number of piperidine rings is 2. The van der Waals surface area contributed by atoms with Crippen molar-refractivity contribution in [3.8, 4) is 0 Å². The summed E-state index contributed by atoms with van der Waals surface area (Å²) in [5, 5.41) is 21.2. The monoisotopic (exact) mass is 271 g/mol. The molecule has 19 heavy (non-hydrogen) atoms. The number of hydrogen-bond acceptors (Lipinski definition) is 3. The average molecular weight is 271 g/mol. The highest BCUT2D eigenvalue weighted by Gasteiger charge is 2.27. The van der Waals surface area contributed by atoms with Gasteiger partial charge < -0.3 is 25.3 Å². The Bertz CT molecular complexity index is 342. The molecule has 0 aromatic rings. The van der Waals surface area contributed by atoms with Crippen LogP contribution < -0.4 is 5.32 Å². The van der Waals surface area contributed by atoms with E-state index in [0.717, 1.165) is 12.8 Å². The van der Waals surface area contributed by atoms with Gasteiger partial charge in [-0.2, -0.15) is 0 Å². The van der Waals surface area contributed by atoms with Gasteiger partial charge in [-0.25, -0.2) is 9.59 Å². The van der Waals surface area contributed by atoms with Crippen LogP contribution in [0.1, 0.15) is 25.7 Å². The molecule has 7 nitrogen and oxygen atoms in total. The summed E-state index contributed by atoms with van der Waals surface area (Å²) in [7, 11) is 0. The van der Waals surface area contributed by atoms with Gasteiger partial charge in [0.25, 0.3) is 0 Å². The predicted molar refractivity (Wildman–Crippen MR) is 68.0 cm³/mol. The molecule has 0 aliphatic carbocycles. The van der Waals surface area contributed by atoms with E-state index in [2.05, 4.69) is 5.32 Å². The highest BCUT2D eigenvalue weighted by molar-refractivity contribution is 5.74. The molecular formula is C12H21N3O4. The zero-order valence-corrected chi connectivity index (χ0v) is 10.9. The van der Waals surface area contributed by atoms with Gasteiger partial charge in [0.2, 0.25) is 0 Å². The van der Waals surface area contributed by atoms with Gasteiger partial charge in [-0.3, -0.25) is 0 Å². The third-order valence-corrected chi connectivity index (χ3v) is 3.77. The summed E-state index contributed by atoms with van der Waals surface area (Å²) < 4.78 is 0. The molecule has 0 spiro atoms. The number of rotatable bonds is 1. The Hall–Kier alpha value is -1.50. The number of nitrogens with zero attached hydrogens (tertiary/aromatic N) is 2. The zero-order chi connectivity index (χ0) is 13.8. The van der Waals surface area contributed by atoms with Gasteiger partial charge in [0, 0.05) is 32.2 Å². The smallest absolute Gasteiger partial charge is 0.407 e. The van der Waals surface area contributed by atoms with Crippen molar-refractivity contribution < 1.29 is 19.8 Å². The lowest BCUT2D eigenvalue weighted by atomic mass is 10.1. The Morgan fingerprint density at radius 2 is 1.74 bits per heavy atom. The highest BCUT2D eigenvalue weighted by atomic mass is 16.4. The molecule has 2 aliphatic heterocycles. The lowest BCUT2D eigenvalue weighted by Crippen LogP contribution is -2.53. The van der Waals surface area contributed by atoms with Crippen LogP contribution in [-0.2, 0) is 0 Å². The zero-order valence-electron chi connectivity index (χ0n) is 10.9. The summed E-state index contributed by atoms with van der Waals surface area (Å²) in [5.74, 6) is 0. The molecule has 1 atom stereocenters. The van der Waals surface area contributed by atoms with Crippen LogP contribution in [0.5, 0.6) is 0 Å². The standard InChI is InChI=1S/C12H21N3O4/c16-10-3-6-14(7-4-10)11(17)13-9-2-1-5-15(8-9)12(18)19/h9-10,16H,1-8H2,(H,13,17)(H,18,19)/t9-/m0/s1. The average Bonchev–Trinajstić information content (AvgIpc) is 2.39. The maximum Gasteiger partial charge on any atom is 0.407 e. The van der Waals surface area contributed by atoms with Crippen LogP contribution in [0.3, 0.4) is 0 Å². The summed E-state index contributed by atoms with van der Waals surface area (Å²) in [4.78, 5) is 25.9. The number of amides is 3. The summed E-state index contributed by atoms with van der Waals surface area (Å²) in [5.41, 5.74) is 0. The van der Waals surface area contributed by atoms with E-state index >= 15 is 0 Å². The number of carboxylic acid groups (broad SMARTS) is 1. The molecule has 0 aromatic heterocycles. The lowest BCUT2D eigenvalue weighted by Gasteiger charge is -2.34. The predicted octanol–water partition coefficient (Wildman–Crippen LogP) is 0.295. The fraction of sp³-hybridized carbons (Fsp3) is 0.833. The molecule has 2 heterocycles. The molecule has 2 aliphatic rings. The number of urea groups is 1. The largest absolute Gasteiger partial charge is 0.465 e. The van der Waals surface area contributed by atoms with Crippen LogP contribution in [0.2, 0.25) is 0 Å². The van der Waals surface area contributed by atoms with Crippen molar-refractivity contribution in [3.63, 3.8) is 0 Å². The third kappa shape index (κ3) is 3.73. The molecule has 2 rings (SSSR count). The molecule has 0 bridgehead atoms. The van der Waals surface area contributed by atoms with Gasteiger partial charge in [0.1, 0.15) is 0 Å². The number of nitrogens with one attached hydrogen (secondary N) is 1. The van der Waals surface area contributed by atoms with Crippen LogP contribution in [0.25, 0.3) is 0 Å². The van der Waals surface area contributed by atoms with Crippen molar-refractivity contribution in [3.05, 3.63) is 0 Å². The first kappa shape index (κ1) is 13.9. The summed E-state index contributed by atoms with van der Waals surface area (Å²) in [6.45, 7) is 2.01. The minimum atomic E-state index is -0.931. The molecule has 2 fully saturated rings. The van der Waals surface area contributed by atoms with Crippen molar-refractivity contribution in [2.45, 2.75) is 37.8 Å². The second-order valence-electron chi connectivity index (χ2n) is 5.24. The number of hydrogen-bond donors (Lipinski definition) is 3. The van der Waals surface area contributed by atoms with E-state index < -0.39 is 6.09 Å². The summed E-state index contributed by atoms with van der Waals surface area (Å²) >= 11 is 0. The van der Waals surface area contributed by atoms with E-state index in [9.17, 15) is 14.7 Å². The normalized spacial score (nSPS) is 25.2. The first-order valence-corrected chi connectivity index (χ1v) is 6.77. The Morgan fingerprint density at radius 1 is 1.05 bits per heavy atom. The maximum absolute atomic E-state index is 12.0.